The lowest BCUT2D eigenvalue weighted by atomic mass is 10.0. The lowest BCUT2D eigenvalue weighted by molar-refractivity contribution is 0.415. The first-order valence-corrected chi connectivity index (χ1v) is 10.6. The van der Waals surface area contributed by atoms with Crippen LogP contribution in [-0.2, 0) is 0 Å². The average Bonchev–Trinajstić information content (AvgIpc) is 3.43. The molecule has 5 rings (SSSR count). The largest absolute Gasteiger partial charge is 0.496 e. The number of rotatable bonds is 5. The van der Waals surface area contributed by atoms with Gasteiger partial charge in [-0.2, -0.15) is 0 Å². The third kappa shape index (κ3) is 3.39. The van der Waals surface area contributed by atoms with Crippen LogP contribution in [0.4, 0.5) is 0 Å². The quantitative estimate of drug-likeness (QED) is 0.299. The van der Waals surface area contributed by atoms with Crippen molar-refractivity contribution in [3.63, 3.8) is 0 Å². The molecular weight excluding hydrogens is 454 g/mol. The number of para-hydroxylation sites is 2. The number of halogens is 1. The van der Waals surface area contributed by atoms with Gasteiger partial charge < -0.3 is 19.4 Å². The van der Waals surface area contributed by atoms with Crippen molar-refractivity contribution >= 4 is 26.8 Å². The molecule has 0 fully saturated rings. The number of nitrogens with one attached hydrogen (secondary N) is 2. The molecule has 0 radical (unpaired) electrons. The number of methoxy groups -OCH3 is 2. The molecule has 154 valence electrons. The first-order chi connectivity index (χ1) is 15.2. The Morgan fingerprint density at radius 1 is 0.806 bits per heavy atom. The van der Waals surface area contributed by atoms with Gasteiger partial charge in [0.05, 0.1) is 19.9 Å². The summed E-state index contributed by atoms with van der Waals surface area (Å²) < 4.78 is 12.3. The summed E-state index contributed by atoms with van der Waals surface area (Å²) in [4.78, 5) is 11.9. The molecule has 5 nitrogen and oxygen atoms in total. The maximum absolute atomic E-state index is 5.64. The molecule has 0 amide bonds. The Labute approximate surface area is 188 Å². The highest BCUT2D eigenvalue weighted by Crippen LogP contribution is 2.41. The molecule has 0 saturated heterocycles. The Kier molecular flexibility index (Phi) is 5.00. The summed E-state index contributed by atoms with van der Waals surface area (Å²) in [6, 6.07) is 22.0. The van der Waals surface area contributed by atoms with Gasteiger partial charge in [0, 0.05) is 38.3 Å². The van der Waals surface area contributed by atoms with Crippen molar-refractivity contribution in [2.75, 3.05) is 14.2 Å². The normalized spacial score (nSPS) is 11.1. The Balaban J connectivity index is 1.79. The van der Waals surface area contributed by atoms with Gasteiger partial charge in [-0.25, -0.2) is 4.98 Å². The van der Waals surface area contributed by atoms with Crippen LogP contribution in [0.1, 0.15) is 0 Å². The summed E-state index contributed by atoms with van der Waals surface area (Å²) in [5.74, 6) is 2.31. The lowest BCUT2D eigenvalue weighted by Crippen LogP contribution is -1.92. The van der Waals surface area contributed by atoms with Crippen molar-refractivity contribution in [2.45, 2.75) is 0 Å². The number of imidazole rings is 1. The van der Waals surface area contributed by atoms with Gasteiger partial charge in [0.2, 0.25) is 0 Å². The second-order valence-electron chi connectivity index (χ2n) is 7.10. The number of hydrogen-bond acceptors (Lipinski definition) is 3. The van der Waals surface area contributed by atoms with Gasteiger partial charge in [-0.1, -0.05) is 40.2 Å². The van der Waals surface area contributed by atoms with E-state index in [-0.39, 0.29) is 0 Å². The summed E-state index contributed by atoms with van der Waals surface area (Å²) in [7, 11) is 3.35. The second kappa shape index (κ2) is 7.96. The van der Waals surface area contributed by atoms with Crippen LogP contribution in [0.25, 0.3) is 44.8 Å². The van der Waals surface area contributed by atoms with Crippen molar-refractivity contribution < 1.29 is 9.47 Å². The van der Waals surface area contributed by atoms with E-state index in [0.717, 1.165) is 60.8 Å². The number of aromatic amines is 2. The fourth-order valence-corrected chi connectivity index (χ4v) is 4.23. The van der Waals surface area contributed by atoms with E-state index < -0.39 is 0 Å². The average molecular weight is 474 g/mol. The van der Waals surface area contributed by atoms with Crippen molar-refractivity contribution in [1.82, 2.24) is 15.0 Å². The van der Waals surface area contributed by atoms with Gasteiger partial charge >= 0.3 is 0 Å². The molecule has 31 heavy (non-hydrogen) atoms. The number of benzene rings is 3. The highest BCUT2D eigenvalue weighted by atomic mass is 79.9. The molecule has 0 aliphatic rings. The van der Waals surface area contributed by atoms with Gasteiger partial charge in [-0.05, 0) is 42.5 Å². The molecule has 0 aliphatic carbocycles. The maximum atomic E-state index is 5.64. The van der Waals surface area contributed by atoms with Crippen LogP contribution >= 0.6 is 15.9 Å². The Bertz CT molecular complexity index is 1320. The lowest BCUT2D eigenvalue weighted by Gasteiger charge is -2.10. The molecule has 5 aromatic rings. The summed E-state index contributed by atoms with van der Waals surface area (Å²) in [6.45, 7) is 0. The zero-order valence-electron chi connectivity index (χ0n) is 17.1. The monoisotopic (exact) mass is 473 g/mol. The van der Waals surface area contributed by atoms with Crippen LogP contribution in [0.15, 0.2) is 77.4 Å². The highest BCUT2D eigenvalue weighted by Gasteiger charge is 2.21. The maximum Gasteiger partial charge on any atom is 0.140 e. The molecule has 2 aromatic heterocycles. The second-order valence-corrected chi connectivity index (χ2v) is 8.02. The topological polar surface area (TPSA) is 62.9 Å². The van der Waals surface area contributed by atoms with E-state index in [2.05, 4.69) is 32.0 Å². The van der Waals surface area contributed by atoms with Crippen LogP contribution in [0.3, 0.4) is 0 Å². The predicted octanol–water partition coefficient (Wildman–Crippen LogP) is 6.67. The Morgan fingerprint density at radius 3 is 2.23 bits per heavy atom. The molecular formula is C25H20BrN3O2. The van der Waals surface area contributed by atoms with E-state index in [4.69, 9.17) is 14.5 Å². The number of aromatic nitrogens is 3. The zero-order valence-corrected chi connectivity index (χ0v) is 18.7. The minimum Gasteiger partial charge on any atom is -0.496 e. The number of nitrogens with zero attached hydrogens (tertiary/aromatic N) is 1. The van der Waals surface area contributed by atoms with Gasteiger partial charge in [0.15, 0.2) is 0 Å². The zero-order chi connectivity index (χ0) is 21.4. The predicted molar refractivity (Wildman–Crippen MR) is 128 cm³/mol. The molecule has 3 aromatic carbocycles. The summed E-state index contributed by atoms with van der Waals surface area (Å²) in [5.41, 5.74) is 5.57. The number of ether oxygens (including phenoxy) is 2. The molecule has 0 saturated carbocycles. The van der Waals surface area contributed by atoms with E-state index >= 15 is 0 Å². The standard InChI is InChI=1S/C25H20BrN3O2/c1-30-21-9-5-3-7-16(21)23-24(17-8-4-6-10-22(17)31-2)29-25(28-23)19-14-27-20-12-11-15(26)13-18(19)20/h3-14,27H,1-2H3,(H,28,29). The van der Waals surface area contributed by atoms with Crippen LogP contribution in [0.2, 0.25) is 0 Å². The fraction of sp³-hybridized carbons (Fsp3) is 0.0800. The summed E-state index contributed by atoms with van der Waals surface area (Å²) in [5, 5.41) is 1.08. The minimum absolute atomic E-state index is 0.762. The van der Waals surface area contributed by atoms with E-state index in [0.29, 0.717) is 0 Å². The molecule has 0 unspecified atom stereocenters. The van der Waals surface area contributed by atoms with Gasteiger partial charge in [-0.15, -0.1) is 0 Å². The van der Waals surface area contributed by atoms with Crippen molar-refractivity contribution in [2.24, 2.45) is 0 Å². The van der Waals surface area contributed by atoms with Crippen LogP contribution in [0, 0.1) is 0 Å². The van der Waals surface area contributed by atoms with Crippen LogP contribution < -0.4 is 9.47 Å². The van der Waals surface area contributed by atoms with E-state index in [1.54, 1.807) is 14.2 Å². The molecule has 0 atom stereocenters. The van der Waals surface area contributed by atoms with E-state index in [1.165, 1.54) is 0 Å². The van der Waals surface area contributed by atoms with Crippen LogP contribution in [0.5, 0.6) is 11.5 Å². The van der Waals surface area contributed by atoms with Gasteiger partial charge in [0.1, 0.15) is 23.0 Å². The van der Waals surface area contributed by atoms with E-state index in [1.807, 2.05) is 66.9 Å². The van der Waals surface area contributed by atoms with Crippen molar-refractivity contribution in [1.29, 1.82) is 0 Å². The molecule has 6 heteroatoms. The van der Waals surface area contributed by atoms with Crippen LogP contribution in [-0.4, -0.2) is 29.2 Å². The first-order valence-electron chi connectivity index (χ1n) is 9.83. The molecule has 0 aliphatic heterocycles. The minimum atomic E-state index is 0.762. The fourth-order valence-electron chi connectivity index (χ4n) is 3.87. The van der Waals surface area contributed by atoms with E-state index in [9.17, 15) is 0 Å². The van der Waals surface area contributed by atoms with Gasteiger partial charge in [-0.3, -0.25) is 0 Å². The third-order valence-corrected chi connectivity index (χ3v) is 5.83. The van der Waals surface area contributed by atoms with Crippen molar-refractivity contribution in [3.8, 4) is 45.4 Å². The first kappa shape index (κ1) is 19.5. The molecule has 2 N–H and O–H groups in total. The third-order valence-electron chi connectivity index (χ3n) is 5.34. The SMILES string of the molecule is COc1ccccc1-c1nc(-c2c[nH]c3ccc(Br)cc23)[nH]c1-c1ccccc1OC. The molecule has 0 bridgehead atoms. The Morgan fingerprint density at radius 2 is 1.48 bits per heavy atom. The summed E-state index contributed by atoms with van der Waals surface area (Å²) in [6.07, 6.45) is 1.98. The number of hydrogen-bond donors (Lipinski definition) is 2. The number of fused-ring (bicyclic) bond motifs is 1. The molecule has 0 spiro atoms. The Hall–Kier alpha value is -3.51. The summed E-state index contributed by atoms with van der Waals surface area (Å²) >= 11 is 3.58. The highest BCUT2D eigenvalue weighted by molar-refractivity contribution is 9.10. The van der Waals surface area contributed by atoms with Gasteiger partial charge in [0.25, 0.3) is 0 Å². The van der Waals surface area contributed by atoms with Crippen molar-refractivity contribution in [3.05, 3.63) is 77.4 Å². The molecule has 2 heterocycles. The number of H-pyrrole nitrogens is 2. The smallest absolute Gasteiger partial charge is 0.140 e.